The Labute approximate surface area is 113 Å². The number of aliphatic hydroxyl groups is 2. The largest absolute Gasteiger partial charge is 0.394 e. The van der Waals surface area contributed by atoms with Crippen LogP contribution in [0.1, 0.15) is 12.6 Å². The van der Waals surface area contributed by atoms with E-state index in [1.807, 2.05) is 0 Å². The molecule has 2 aromatic rings. The van der Waals surface area contributed by atoms with Crippen molar-refractivity contribution in [3.8, 4) is 0 Å². The summed E-state index contributed by atoms with van der Waals surface area (Å²) >= 11 is 0. The van der Waals surface area contributed by atoms with Gasteiger partial charge in [-0.05, 0) is 6.07 Å². The minimum absolute atomic E-state index is 0.00217. The number of nitro groups is 1. The van der Waals surface area contributed by atoms with Crippen LogP contribution in [0.25, 0.3) is 10.9 Å². The van der Waals surface area contributed by atoms with Crippen LogP contribution in [-0.2, 0) is 4.74 Å². The van der Waals surface area contributed by atoms with Crippen molar-refractivity contribution < 1.29 is 19.9 Å². The fourth-order valence-corrected chi connectivity index (χ4v) is 2.41. The van der Waals surface area contributed by atoms with Crippen LogP contribution in [0.3, 0.4) is 0 Å². The molecule has 1 fully saturated rings. The van der Waals surface area contributed by atoms with Crippen LogP contribution in [0.15, 0.2) is 24.4 Å². The first-order chi connectivity index (χ1) is 9.60. The zero-order valence-corrected chi connectivity index (χ0v) is 10.4. The summed E-state index contributed by atoms with van der Waals surface area (Å²) in [5, 5.41) is 34.3. The van der Waals surface area contributed by atoms with Crippen LogP contribution in [0.2, 0.25) is 0 Å². The van der Waals surface area contributed by atoms with E-state index in [0.29, 0.717) is 17.3 Å². The SMILES string of the molecule is O=[N+]([O-])c1ccc2c(cnn2[C@H]2C[C@H](O)[C@@H](CO)O2)c1. The van der Waals surface area contributed by atoms with E-state index in [2.05, 4.69) is 5.10 Å². The number of nitro benzene ring substituents is 1. The van der Waals surface area contributed by atoms with Crippen molar-refractivity contribution in [1.82, 2.24) is 9.78 Å². The van der Waals surface area contributed by atoms with Crippen molar-refractivity contribution in [2.24, 2.45) is 0 Å². The summed E-state index contributed by atoms with van der Waals surface area (Å²) in [6.45, 7) is -0.262. The zero-order valence-electron chi connectivity index (χ0n) is 10.4. The summed E-state index contributed by atoms with van der Waals surface area (Å²) in [6.07, 6.45) is -0.0238. The van der Waals surface area contributed by atoms with Crippen LogP contribution in [-0.4, -0.2) is 43.7 Å². The van der Waals surface area contributed by atoms with Crippen LogP contribution >= 0.6 is 0 Å². The Morgan fingerprint density at radius 2 is 2.35 bits per heavy atom. The maximum atomic E-state index is 10.7. The first-order valence-electron chi connectivity index (χ1n) is 6.16. The number of hydrogen-bond donors (Lipinski definition) is 2. The summed E-state index contributed by atoms with van der Waals surface area (Å²) in [5.74, 6) is 0. The average Bonchev–Trinajstić information content (AvgIpc) is 3.00. The second kappa shape index (κ2) is 4.82. The van der Waals surface area contributed by atoms with Crippen LogP contribution in [0, 0.1) is 10.1 Å². The smallest absolute Gasteiger partial charge is 0.270 e. The minimum Gasteiger partial charge on any atom is -0.394 e. The van der Waals surface area contributed by atoms with E-state index in [1.54, 1.807) is 10.7 Å². The number of fused-ring (bicyclic) bond motifs is 1. The number of aliphatic hydroxyl groups excluding tert-OH is 2. The molecule has 3 rings (SSSR count). The van der Waals surface area contributed by atoms with Gasteiger partial charge in [-0.3, -0.25) is 10.1 Å². The highest BCUT2D eigenvalue weighted by molar-refractivity contribution is 5.81. The molecule has 106 valence electrons. The van der Waals surface area contributed by atoms with Gasteiger partial charge in [-0.25, -0.2) is 4.68 Å². The number of rotatable bonds is 3. The van der Waals surface area contributed by atoms with Gasteiger partial charge in [-0.2, -0.15) is 5.10 Å². The first kappa shape index (κ1) is 13.0. The lowest BCUT2D eigenvalue weighted by molar-refractivity contribution is -0.384. The fourth-order valence-electron chi connectivity index (χ4n) is 2.41. The molecule has 1 aliphatic rings. The van der Waals surface area contributed by atoms with E-state index in [9.17, 15) is 15.2 Å². The molecule has 0 bridgehead atoms. The third kappa shape index (κ3) is 2.03. The molecule has 0 unspecified atom stereocenters. The molecule has 8 heteroatoms. The van der Waals surface area contributed by atoms with Gasteiger partial charge in [0.2, 0.25) is 0 Å². The summed E-state index contributed by atoms with van der Waals surface area (Å²) < 4.78 is 7.09. The quantitative estimate of drug-likeness (QED) is 0.628. The Hall–Kier alpha value is -2.03. The van der Waals surface area contributed by atoms with Gasteiger partial charge in [0.15, 0.2) is 6.23 Å². The van der Waals surface area contributed by atoms with Crippen molar-refractivity contribution in [3.63, 3.8) is 0 Å². The third-order valence-corrected chi connectivity index (χ3v) is 3.45. The molecular weight excluding hydrogens is 266 g/mol. The predicted octanol–water partition coefficient (Wildman–Crippen LogP) is 0.585. The van der Waals surface area contributed by atoms with E-state index >= 15 is 0 Å². The molecular formula is C12H13N3O5. The van der Waals surface area contributed by atoms with Crippen LogP contribution < -0.4 is 0 Å². The van der Waals surface area contributed by atoms with Crippen molar-refractivity contribution in [1.29, 1.82) is 0 Å². The number of non-ortho nitro benzene ring substituents is 1. The topological polar surface area (TPSA) is 111 Å². The number of aromatic nitrogens is 2. The summed E-state index contributed by atoms with van der Waals surface area (Å²) in [4.78, 5) is 10.3. The third-order valence-electron chi connectivity index (χ3n) is 3.45. The van der Waals surface area contributed by atoms with Gasteiger partial charge in [0.05, 0.1) is 29.3 Å². The normalized spacial score (nSPS) is 26.2. The van der Waals surface area contributed by atoms with Crippen molar-refractivity contribution in [2.45, 2.75) is 24.9 Å². The predicted molar refractivity (Wildman–Crippen MR) is 68.0 cm³/mol. The molecule has 8 nitrogen and oxygen atoms in total. The highest BCUT2D eigenvalue weighted by Crippen LogP contribution is 2.31. The molecule has 2 heterocycles. The monoisotopic (exact) mass is 279 g/mol. The second-order valence-electron chi connectivity index (χ2n) is 4.70. The summed E-state index contributed by atoms with van der Waals surface area (Å²) in [5.41, 5.74) is 0.684. The summed E-state index contributed by atoms with van der Waals surface area (Å²) in [7, 11) is 0. The Morgan fingerprint density at radius 3 is 3.00 bits per heavy atom. The maximum absolute atomic E-state index is 10.7. The van der Waals surface area contributed by atoms with Gasteiger partial charge < -0.3 is 14.9 Å². The van der Waals surface area contributed by atoms with E-state index in [-0.39, 0.29) is 12.3 Å². The number of nitrogens with zero attached hydrogens (tertiary/aromatic N) is 3. The van der Waals surface area contributed by atoms with E-state index < -0.39 is 23.4 Å². The van der Waals surface area contributed by atoms with Gasteiger partial charge in [-0.15, -0.1) is 0 Å². The van der Waals surface area contributed by atoms with Crippen LogP contribution in [0.5, 0.6) is 0 Å². The molecule has 1 aliphatic heterocycles. The lowest BCUT2D eigenvalue weighted by Crippen LogP contribution is -2.24. The fraction of sp³-hybridized carbons (Fsp3) is 0.417. The van der Waals surface area contributed by atoms with Crippen molar-refractivity contribution in [3.05, 3.63) is 34.5 Å². The van der Waals surface area contributed by atoms with Gasteiger partial charge in [0, 0.05) is 23.9 Å². The molecule has 2 N–H and O–H groups in total. The molecule has 0 radical (unpaired) electrons. The minimum atomic E-state index is -0.748. The Bertz CT molecular complexity index is 656. The maximum Gasteiger partial charge on any atom is 0.270 e. The number of benzene rings is 1. The van der Waals surface area contributed by atoms with Gasteiger partial charge in [-0.1, -0.05) is 0 Å². The van der Waals surface area contributed by atoms with Crippen molar-refractivity contribution in [2.75, 3.05) is 6.61 Å². The number of hydrogen-bond acceptors (Lipinski definition) is 6. The second-order valence-corrected chi connectivity index (χ2v) is 4.70. The highest BCUT2D eigenvalue weighted by Gasteiger charge is 2.35. The van der Waals surface area contributed by atoms with E-state index in [1.165, 1.54) is 18.3 Å². The van der Waals surface area contributed by atoms with Gasteiger partial charge in [0.25, 0.3) is 5.69 Å². The average molecular weight is 279 g/mol. The number of ether oxygens (including phenoxy) is 1. The van der Waals surface area contributed by atoms with E-state index in [4.69, 9.17) is 9.84 Å². The Kier molecular flexibility index (Phi) is 3.13. The molecule has 0 amide bonds. The van der Waals surface area contributed by atoms with Crippen LogP contribution in [0.4, 0.5) is 5.69 Å². The molecule has 0 spiro atoms. The molecule has 3 atom stereocenters. The molecule has 1 aromatic heterocycles. The van der Waals surface area contributed by atoms with Gasteiger partial charge in [0.1, 0.15) is 6.10 Å². The lowest BCUT2D eigenvalue weighted by Gasteiger charge is -2.13. The molecule has 1 saturated heterocycles. The summed E-state index contributed by atoms with van der Waals surface area (Å²) in [6, 6.07) is 4.44. The Balaban J connectivity index is 1.95. The van der Waals surface area contributed by atoms with Gasteiger partial charge >= 0.3 is 0 Å². The standard InChI is InChI=1S/C12H13N3O5/c16-6-11-10(17)4-12(20-11)14-9-2-1-8(15(18)19)3-7(9)5-13-14/h1-3,5,10-12,16-17H,4,6H2/t10-,11+,12+/m0/s1. The van der Waals surface area contributed by atoms with Crippen molar-refractivity contribution >= 4 is 16.6 Å². The first-order valence-corrected chi connectivity index (χ1v) is 6.16. The molecule has 0 aliphatic carbocycles. The van der Waals surface area contributed by atoms with E-state index in [0.717, 1.165) is 0 Å². The highest BCUT2D eigenvalue weighted by atomic mass is 16.6. The molecule has 20 heavy (non-hydrogen) atoms. The Morgan fingerprint density at radius 1 is 1.55 bits per heavy atom. The zero-order chi connectivity index (χ0) is 14.3. The lowest BCUT2D eigenvalue weighted by atomic mass is 10.2. The molecule has 1 aromatic carbocycles. The molecule has 0 saturated carbocycles.